The summed E-state index contributed by atoms with van der Waals surface area (Å²) < 4.78 is 76.2. The van der Waals surface area contributed by atoms with E-state index in [1.54, 1.807) is 43.3 Å². The highest BCUT2D eigenvalue weighted by Crippen LogP contribution is 2.25. The number of benzene rings is 3. The van der Waals surface area contributed by atoms with Crippen LogP contribution in [0.15, 0.2) is 72.8 Å². The minimum absolute atomic E-state index is 0.0188. The molecule has 0 saturated heterocycles. The molecule has 0 aromatic heterocycles. The first-order valence-corrected chi connectivity index (χ1v) is 13.7. The molecule has 0 bridgehead atoms. The zero-order chi connectivity index (χ0) is 32.0. The van der Waals surface area contributed by atoms with E-state index in [1.807, 2.05) is 0 Å². The van der Waals surface area contributed by atoms with Gasteiger partial charge in [-0.3, -0.25) is 0 Å². The quantitative estimate of drug-likeness (QED) is 0.139. The zero-order valence-electron chi connectivity index (χ0n) is 23.9. The van der Waals surface area contributed by atoms with Gasteiger partial charge in [0.2, 0.25) is 0 Å². The summed E-state index contributed by atoms with van der Waals surface area (Å²) >= 11 is 0. The fraction of sp³-hybridized carbons (Fsp3) is 0.355. The molecular weight excluding hydrogens is 590 g/mol. The van der Waals surface area contributed by atoms with E-state index in [0.29, 0.717) is 12.2 Å². The van der Waals surface area contributed by atoms with Crippen LogP contribution in [0.25, 0.3) is 0 Å². The number of aliphatic carboxylic acids is 1. The van der Waals surface area contributed by atoms with E-state index in [0.717, 1.165) is 23.3 Å². The van der Waals surface area contributed by atoms with Gasteiger partial charge in [-0.25, -0.2) is 14.0 Å². The molecule has 1 atom stereocenters. The Morgan fingerprint density at radius 1 is 0.841 bits per heavy atom. The summed E-state index contributed by atoms with van der Waals surface area (Å²) in [6.45, 7) is 2.94. The lowest BCUT2D eigenvalue weighted by atomic mass is 10.1. The van der Waals surface area contributed by atoms with Crippen molar-refractivity contribution in [1.82, 2.24) is 4.90 Å². The first kappa shape index (κ1) is 34.1. The Kier molecular flexibility index (Phi) is 13.2. The van der Waals surface area contributed by atoms with Crippen LogP contribution in [0.1, 0.15) is 24.5 Å². The van der Waals surface area contributed by atoms with Gasteiger partial charge in [0.15, 0.2) is 6.10 Å². The van der Waals surface area contributed by atoms with Crippen molar-refractivity contribution >= 4 is 12.1 Å². The number of carboxylic acid groups (broad SMARTS) is 1. The molecule has 1 unspecified atom stereocenters. The Morgan fingerprint density at radius 2 is 1.45 bits per heavy atom. The number of rotatable bonds is 17. The van der Waals surface area contributed by atoms with Gasteiger partial charge in [0.25, 0.3) is 0 Å². The van der Waals surface area contributed by atoms with Crippen molar-refractivity contribution in [2.45, 2.75) is 38.8 Å². The van der Waals surface area contributed by atoms with Gasteiger partial charge >= 0.3 is 18.4 Å². The first-order chi connectivity index (χ1) is 21.0. The summed E-state index contributed by atoms with van der Waals surface area (Å²) in [5, 5.41) is 9.27. The highest BCUT2D eigenvalue weighted by atomic mass is 19.4. The predicted molar refractivity (Wildman–Crippen MR) is 150 cm³/mol. The molecule has 238 valence electrons. The number of hydrogen-bond acceptors (Lipinski definition) is 7. The summed E-state index contributed by atoms with van der Waals surface area (Å²) in [6.07, 6.45) is -5.94. The number of carboxylic acids is 1. The van der Waals surface area contributed by atoms with Crippen molar-refractivity contribution < 1.29 is 55.9 Å². The first-order valence-electron chi connectivity index (χ1n) is 13.7. The molecule has 3 rings (SSSR count). The molecule has 0 saturated carbocycles. The van der Waals surface area contributed by atoms with E-state index in [4.69, 9.17) is 18.9 Å². The molecule has 0 aliphatic rings. The summed E-state index contributed by atoms with van der Waals surface area (Å²) in [7, 11) is 0. The smallest absolute Gasteiger partial charge is 0.492 e. The Labute approximate surface area is 251 Å². The molecule has 3 aromatic carbocycles. The average Bonchev–Trinajstić information content (AvgIpc) is 2.97. The van der Waals surface area contributed by atoms with Gasteiger partial charge in [0, 0.05) is 26.2 Å². The molecule has 1 N–H and O–H groups in total. The molecule has 1 amide bonds. The van der Waals surface area contributed by atoms with Gasteiger partial charge in [0.1, 0.15) is 29.7 Å². The maximum absolute atomic E-state index is 13.1. The molecule has 3 aromatic rings. The second-order valence-electron chi connectivity index (χ2n) is 9.39. The monoisotopic (exact) mass is 623 g/mol. The average molecular weight is 624 g/mol. The van der Waals surface area contributed by atoms with Crippen LogP contribution in [0.3, 0.4) is 0 Å². The minimum atomic E-state index is -4.85. The van der Waals surface area contributed by atoms with E-state index in [2.05, 4.69) is 4.74 Å². The van der Waals surface area contributed by atoms with Crippen molar-refractivity contribution in [3.8, 4) is 17.2 Å². The van der Waals surface area contributed by atoms with Crippen LogP contribution in [0.4, 0.5) is 22.4 Å². The lowest BCUT2D eigenvalue weighted by Crippen LogP contribution is -2.38. The SMILES string of the molecule is CCOC(Cc1ccc(OCCN(CCCOCc2ccc(F)cc2)C(=O)Oc2ccc(OC(F)(F)F)cc2)cc1)C(=O)O. The van der Waals surface area contributed by atoms with Crippen molar-refractivity contribution in [2.75, 3.05) is 32.9 Å². The molecule has 44 heavy (non-hydrogen) atoms. The Hall–Kier alpha value is -4.36. The molecule has 0 radical (unpaired) electrons. The number of ether oxygens (including phenoxy) is 5. The number of halogens is 4. The van der Waals surface area contributed by atoms with E-state index in [1.165, 1.54) is 29.2 Å². The van der Waals surface area contributed by atoms with Gasteiger partial charge in [-0.2, -0.15) is 0 Å². The third-order valence-corrected chi connectivity index (χ3v) is 6.04. The topological polar surface area (TPSA) is 104 Å². The molecule has 13 heteroatoms. The zero-order valence-corrected chi connectivity index (χ0v) is 23.9. The van der Waals surface area contributed by atoms with Crippen LogP contribution in [-0.2, 0) is 27.3 Å². The fourth-order valence-corrected chi connectivity index (χ4v) is 3.93. The number of carbonyl (C=O) groups is 2. The molecule has 0 heterocycles. The van der Waals surface area contributed by atoms with Crippen LogP contribution in [0.5, 0.6) is 17.2 Å². The van der Waals surface area contributed by atoms with Crippen molar-refractivity contribution in [1.29, 1.82) is 0 Å². The van der Waals surface area contributed by atoms with E-state index >= 15 is 0 Å². The van der Waals surface area contributed by atoms with Crippen molar-refractivity contribution in [2.24, 2.45) is 0 Å². The van der Waals surface area contributed by atoms with Crippen LogP contribution >= 0.6 is 0 Å². The molecule has 9 nitrogen and oxygen atoms in total. The summed E-state index contributed by atoms with van der Waals surface area (Å²) in [5.74, 6) is -1.34. The number of amides is 1. The maximum Gasteiger partial charge on any atom is 0.573 e. The molecule has 0 aliphatic heterocycles. The second-order valence-corrected chi connectivity index (χ2v) is 9.39. The van der Waals surface area contributed by atoms with Crippen molar-refractivity contribution in [3.05, 3.63) is 89.7 Å². The van der Waals surface area contributed by atoms with Crippen LogP contribution in [0.2, 0.25) is 0 Å². The highest BCUT2D eigenvalue weighted by Gasteiger charge is 2.31. The van der Waals surface area contributed by atoms with Gasteiger partial charge < -0.3 is 33.7 Å². The Balaban J connectivity index is 1.55. The van der Waals surface area contributed by atoms with Crippen LogP contribution in [0, 0.1) is 5.82 Å². The number of alkyl halides is 3. The highest BCUT2D eigenvalue weighted by molar-refractivity contribution is 5.72. The third kappa shape index (κ3) is 12.5. The summed E-state index contributed by atoms with van der Waals surface area (Å²) in [6, 6.07) is 17.1. The Morgan fingerprint density at radius 3 is 2.07 bits per heavy atom. The van der Waals surface area contributed by atoms with E-state index in [-0.39, 0.29) is 57.5 Å². The number of nitrogens with zero attached hydrogens (tertiary/aromatic N) is 1. The normalized spacial score (nSPS) is 11.9. The van der Waals surface area contributed by atoms with Crippen LogP contribution < -0.4 is 14.2 Å². The Bertz CT molecular complexity index is 1300. The van der Waals surface area contributed by atoms with Gasteiger partial charge in [-0.1, -0.05) is 24.3 Å². The van der Waals surface area contributed by atoms with Gasteiger partial charge in [-0.15, -0.1) is 13.2 Å². The van der Waals surface area contributed by atoms with E-state index in [9.17, 15) is 32.3 Å². The maximum atomic E-state index is 13.1. The molecular formula is C31H33F4NO8. The molecule has 0 spiro atoms. The van der Waals surface area contributed by atoms with Gasteiger partial charge in [-0.05, 0) is 73.0 Å². The predicted octanol–water partition coefficient (Wildman–Crippen LogP) is 6.24. The number of carbonyl (C=O) groups excluding carboxylic acids is 1. The summed E-state index contributed by atoms with van der Waals surface area (Å²) in [5.41, 5.74) is 1.53. The fourth-order valence-electron chi connectivity index (χ4n) is 3.93. The minimum Gasteiger partial charge on any atom is -0.492 e. The lowest BCUT2D eigenvalue weighted by Gasteiger charge is -2.22. The third-order valence-electron chi connectivity index (χ3n) is 6.04. The standard InChI is InChI=1S/C31H33F4NO8/c1-2-41-28(29(37)38)20-22-6-10-25(11-7-22)42-19-17-36(16-3-18-40-21-23-4-8-24(32)9-5-23)30(39)43-26-12-14-27(15-13-26)44-31(33,34)35/h4-15,28H,2-3,16-21H2,1H3,(H,37,38). The number of hydrogen-bond donors (Lipinski definition) is 1. The second kappa shape index (κ2) is 17.1. The van der Waals surface area contributed by atoms with Gasteiger partial charge in [0.05, 0.1) is 13.2 Å². The summed E-state index contributed by atoms with van der Waals surface area (Å²) in [4.78, 5) is 25.6. The lowest BCUT2D eigenvalue weighted by molar-refractivity contribution is -0.274. The molecule has 0 fully saturated rings. The molecule has 0 aliphatic carbocycles. The van der Waals surface area contributed by atoms with E-state index < -0.39 is 30.3 Å². The van der Waals surface area contributed by atoms with Crippen molar-refractivity contribution in [3.63, 3.8) is 0 Å². The largest absolute Gasteiger partial charge is 0.573 e. The van der Waals surface area contributed by atoms with Crippen LogP contribution in [-0.4, -0.2) is 67.4 Å².